The highest BCUT2D eigenvalue weighted by Gasteiger charge is 2.42. The standard InChI is InChI=1S/C17H25F3O2S/c1-7-15(16(4,5)6)23(21,22)14-9-8-12(11(2)3)10-13(14)17(18,19)20/h8-11,15H,7H2,1-6H3. The molecule has 0 aliphatic rings. The average molecular weight is 350 g/mol. The molecule has 0 saturated carbocycles. The summed E-state index contributed by atoms with van der Waals surface area (Å²) in [6.45, 7) is 10.4. The summed E-state index contributed by atoms with van der Waals surface area (Å²) in [6.07, 6.45) is -4.45. The number of hydrogen-bond acceptors (Lipinski definition) is 2. The number of benzene rings is 1. The molecule has 0 aromatic heterocycles. The molecule has 0 aliphatic carbocycles. The molecule has 1 atom stereocenters. The molecular formula is C17H25F3O2S. The molecule has 0 aliphatic heterocycles. The van der Waals surface area contributed by atoms with Crippen LogP contribution in [0.15, 0.2) is 23.1 Å². The van der Waals surface area contributed by atoms with Crippen LogP contribution >= 0.6 is 0 Å². The van der Waals surface area contributed by atoms with Crippen LogP contribution in [-0.4, -0.2) is 13.7 Å². The molecule has 1 unspecified atom stereocenters. The van der Waals surface area contributed by atoms with Gasteiger partial charge in [0.15, 0.2) is 9.84 Å². The Morgan fingerprint density at radius 1 is 1.09 bits per heavy atom. The number of rotatable bonds is 4. The van der Waals surface area contributed by atoms with Gasteiger partial charge in [0.05, 0.1) is 15.7 Å². The van der Waals surface area contributed by atoms with Crippen molar-refractivity contribution >= 4 is 9.84 Å². The average Bonchev–Trinajstić information content (AvgIpc) is 2.35. The van der Waals surface area contributed by atoms with Crippen LogP contribution in [0.3, 0.4) is 0 Å². The van der Waals surface area contributed by atoms with Crippen molar-refractivity contribution in [3.8, 4) is 0 Å². The van der Waals surface area contributed by atoms with Gasteiger partial charge in [0, 0.05) is 0 Å². The molecule has 6 heteroatoms. The van der Waals surface area contributed by atoms with Crippen molar-refractivity contribution in [1.29, 1.82) is 0 Å². The Balaban J connectivity index is 3.65. The lowest BCUT2D eigenvalue weighted by molar-refractivity contribution is -0.139. The third-order valence-electron chi connectivity index (χ3n) is 3.99. The van der Waals surface area contributed by atoms with Gasteiger partial charge in [0.1, 0.15) is 0 Å². The van der Waals surface area contributed by atoms with Gasteiger partial charge in [-0.2, -0.15) is 13.2 Å². The molecule has 0 saturated heterocycles. The Morgan fingerprint density at radius 2 is 1.61 bits per heavy atom. The number of alkyl halides is 3. The molecule has 23 heavy (non-hydrogen) atoms. The monoisotopic (exact) mass is 350 g/mol. The van der Waals surface area contributed by atoms with Gasteiger partial charge < -0.3 is 0 Å². The molecule has 0 spiro atoms. The van der Waals surface area contributed by atoms with Crippen LogP contribution in [-0.2, 0) is 16.0 Å². The Hall–Kier alpha value is -1.04. The first-order valence-corrected chi connectivity index (χ1v) is 9.22. The molecule has 0 heterocycles. The Bertz CT molecular complexity index is 653. The van der Waals surface area contributed by atoms with E-state index >= 15 is 0 Å². The van der Waals surface area contributed by atoms with Gasteiger partial charge in [-0.1, -0.05) is 47.6 Å². The predicted molar refractivity (Wildman–Crippen MR) is 86.3 cm³/mol. The topological polar surface area (TPSA) is 34.1 Å². The minimum Gasteiger partial charge on any atom is -0.223 e. The summed E-state index contributed by atoms with van der Waals surface area (Å²) < 4.78 is 66.0. The van der Waals surface area contributed by atoms with E-state index < -0.39 is 37.1 Å². The molecule has 1 aromatic carbocycles. The van der Waals surface area contributed by atoms with Crippen LogP contribution in [0.5, 0.6) is 0 Å². The van der Waals surface area contributed by atoms with E-state index in [1.54, 1.807) is 41.5 Å². The molecule has 132 valence electrons. The normalized spacial score (nSPS) is 15.0. The van der Waals surface area contributed by atoms with Crippen molar-refractivity contribution < 1.29 is 21.6 Å². The van der Waals surface area contributed by atoms with Gasteiger partial charge >= 0.3 is 6.18 Å². The highest BCUT2D eigenvalue weighted by atomic mass is 32.2. The molecule has 2 nitrogen and oxygen atoms in total. The van der Waals surface area contributed by atoms with Crippen LogP contribution < -0.4 is 0 Å². The van der Waals surface area contributed by atoms with Crippen LogP contribution in [0, 0.1) is 5.41 Å². The van der Waals surface area contributed by atoms with Crippen LogP contribution in [0.4, 0.5) is 13.2 Å². The summed E-state index contributed by atoms with van der Waals surface area (Å²) in [5.41, 5.74) is -1.24. The summed E-state index contributed by atoms with van der Waals surface area (Å²) in [5, 5.41) is -0.874. The van der Waals surface area contributed by atoms with E-state index in [0.717, 1.165) is 12.1 Å². The van der Waals surface area contributed by atoms with Crippen molar-refractivity contribution in [3.63, 3.8) is 0 Å². The van der Waals surface area contributed by atoms with E-state index in [0.29, 0.717) is 5.56 Å². The van der Waals surface area contributed by atoms with E-state index in [-0.39, 0.29) is 12.3 Å². The lowest BCUT2D eigenvalue weighted by atomic mass is 9.90. The number of hydrogen-bond donors (Lipinski definition) is 0. The summed E-state index contributed by atoms with van der Waals surface area (Å²) in [4.78, 5) is -0.615. The second kappa shape index (κ2) is 6.46. The molecule has 0 N–H and O–H groups in total. The smallest absolute Gasteiger partial charge is 0.223 e. The third-order valence-corrected chi connectivity index (χ3v) is 6.75. The maximum Gasteiger partial charge on any atom is 0.417 e. The van der Waals surface area contributed by atoms with Crippen LogP contribution in [0.25, 0.3) is 0 Å². The van der Waals surface area contributed by atoms with Gasteiger partial charge in [0.25, 0.3) is 0 Å². The molecule has 0 amide bonds. The van der Waals surface area contributed by atoms with Gasteiger partial charge in [-0.15, -0.1) is 0 Å². The second-order valence-corrected chi connectivity index (χ2v) is 9.31. The van der Waals surface area contributed by atoms with Gasteiger partial charge in [0.2, 0.25) is 0 Å². The summed E-state index contributed by atoms with van der Waals surface area (Å²) in [7, 11) is -4.09. The molecular weight excluding hydrogens is 325 g/mol. The first kappa shape index (κ1) is 20.0. The second-order valence-electron chi connectivity index (χ2n) is 7.22. The summed E-state index contributed by atoms with van der Waals surface area (Å²) in [5.74, 6) is -0.113. The van der Waals surface area contributed by atoms with Gasteiger partial charge in [-0.25, -0.2) is 8.42 Å². The quantitative estimate of drug-likeness (QED) is 0.726. The zero-order valence-electron chi connectivity index (χ0n) is 14.5. The van der Waals surface area contributed by atoms with Gasteiger partial charge in [-0.3, -0.25) is 0 Å². The SMILES string of the molecule is CCC(C(C)(C)C)S(=O)(=O)c1ccc(C(C)C)cc1C(F)(F)F. The lowest BCUT2D eigenvalue weighted by Gasteiger charge is -2.30. The van der Waals surface area contributed by atoms with E-state index in [1.165, 1.54) is 6.07 Å². The number of sulfone groups is 1. The van der Waals surface area contributed by atoms with Crippen molar-refractivity contribution in [2.24, 2.45) is 5.41 Å². The largest absolute Gasteiger partial charge is 0.417 e. The lowest BCUT2D eigenvalue weighted by Crippen LogP contribution is -2.35. The molecule has 1 aromatic rings. The Morgan fingerprint density at radius 3 is 1.96 bits per heavy atom. The highest BCUT2D eigenvalue weighted by Crippen LogP contribution is 2.40. The van der Waals surface area contributed by atoms with Crippen molar-refractivity contribution in [1.82, 2.24) is 0 Å². The molecule has 1 rings (SSSR count). The van der Waals surface area contributed by atoms with E-state index in [1.807, 2.05) is 0 Å². The minimum absolute atomic E-state index is 0.113. The van der Waals surface area contributed by atoms with Crippen LogP contribution in [0.2, 0.25) is 0 Å². The Labute approximate surface area is 137 Å². The Kier molecular flexibility index (Phi) is 5.62. The maximum absolute atomic E-state index is 13.4. The summed E-state index contributed by atoms with van der Waals surface area (Å²) in [6, 6.07) is 3.55. The van der Waals surface area contributed by atoms with Crippen molar-refractivity contribution in [2.75, 3.05) is 0 Å². The number of halogens is 3. The predicted octanol–water partition coefficient (Wildman–Crippen LogP) is 5.43. The first-order valence-electron chi connectivity index (χ1n) is 7.68. The minimum atomic E-state index is -4.70. The third kappa shape index (κ3) is 4.28. The van der Waals surface area contributed by atoms with E-state index in [4.69, 9.17) is 0 Å². The summed E-state index contributed by atoms with van der Waals surface area (Å²) >= 11 is 0. The van der Waals surface area contributed by atoms with E-state index in [2.05, 4.69) is 0 Å². The first-order chi connectivity index (χ1) is 10.2. The zero-order chi connectivity index (χ0) is 18.2. The van der Waals surface area contributed by atoms with E-state index in [9.17, 15) is 21.6 Å². The molecule has 0 bridgehead atoms. The molecule has 0 radical (unpaired) electrons. The fourth-order valence-electron chi connectivity index (χ4n) is 2.83. The van der Waals surface area contributed by atoms with Crippen LogP contribution in [0.1, 0.15) is 65.0 Å². The van der Waals surface area contributed by atoms with Crippen molar-refractivity contribution in [3.05, 3.63) is 29.3 Å². The zero-order valence-corrected chi connectivity index (χ0v) is 15.3. The van der Waals surface area contributed by atoms with Crippen molar-refractivity contribution in [2.45, 2.75) is 70.2 Å². The fraction of sp³-hybridized carbons (Fsp3) is 0.647. The molecule has 0 fully saturated rings. The van der Waals surface area contributed by atoms with Gasteiger partial charge in [-0.05, 0) is 35.4 Å². The maximum atomic E-state index is 13.4. The highest BCUT2D eigenvalue weighted by molar-refractivity contribution is 7.92. The fourth-order valence-corrected chi connectivity index (χ4v) is 5.24.